The van der Waals surface area contributed by atoms with Crippen LogP contribution in [0.25, 0.3) is 0 Å². The van der Waals surface area contributed by atoms with Crippen molar-refractivity contribution in [2.45, 2.75) is 51.4 Å². The summed E-state index contributed by atoms with van der Waals surface area (Å²) in [5, 5.41) is 2.88. The first kappa shape index (κ1) is 28.0. The van der Waals surface area contributed by atoms with Gasteiger partial charge in [-0.3, -0.25) is 9.52 Å². The Morgan fingerprint density at radius 2 is 1.73 bits per heavy atom. The summed E-state index contributed by atoms with van der Waals surface area (Å²) < 4.78 is 60.2. The summed E-state index contributed by atoms with van der Waals surface area (Å²) in [6.45, 7) is 3.52. The third-order valence-corrected chi connectivity index (χ3v) is 10.8. The fourth-order valence-corrected chi connectivity index (χ4v) is 7.67. The molecule has 6 rings (SSSR count). The molecule has 12 heteroatoms. The summed E-state index contributed by atoms with van der Waals surface area (Å²) in [7, 11) is -2.00. The van der Waals surface area contributed by atoms with Gasteiger partial charge in [-0.15, -0.1) is 0 Å². The van der Waals surface area contributed by atoms with Crippen molar-refractivity contribution in [1.29, 1.82) is 0 Å². The monoisotopic (exact) mass is 589 g/mol. The summed E-state index contributed by atoms with van der Waals surface area (Å²) in [5.41, 5.74) is 2.00. The molecule has 222 valence electrons. The van der Waals surface area contributed by atoms with Gasteiger partial charge in [0.2, 0.25) is 10.0 Å². The zero-order valence-electron chi connectivity index (χ0n) is 23.5. The molecule has 2 aromatic rings. The van der Waals surface area contributed by atoms with Crippen LogP contribution in [0.5, 0.6) is 5.75 Å². The first-order valence-corrected chi connectivity index (χ1v) is 16.1. The van der Waals surface area contributed by atoms with Gasteiger partial charge in [-0.25, -0.2) is 22.2 Å². The number of piperidine rings is 2. The second-order valence-electron chi connectivity index (χ2n) is 11.9. The number of benzene rings is 1. The number of carbonyl (C=O) groups excluding carboxylic acids is 1. The summed E-state index contributed by atoms with van der Waals surface area (Å²) in [4.78, 5) is 22.3. The SMILES string of the molecule is CCS(=O)(=O)Nc1ccc(C(=O)Nc2ccc(OC)c(N3CCC(F)(F)CC3)n2)c(N2C[C@H]3CC[C@@H](C2)C32CC2)c1. The number of carbonyl (C=O) groups is 1. The number of rotatable bonds is 8. The summed E-state index contributed by atoms with van der Waals surface area (Å²) in [6.07, 6.45) is 4.38. The highest BCUT2D eigenvalue weighted by atomic mass is 32.2. The van der Waals surface area contributed by atoms with Crippen molar-refractivity contribution in [2.75, 3.05) is 58.9 Å². The maximum absolute atomic E-state index is 13.8. The normalized spacial score (nSPS) is 24.3. The van der Waals surface area contributed by atoms with Crippen LogP contribution >= 0.6 is 0 Å². The van der Waals surface area contributed by atoms with E-state index in [1.807, 2.05) is 0 Å². The lowest BCUT2D eigenvalue weighted by atomic mass is 9.81. The highest BCUT2D eigenvalue weighted by Crippen LogP contribution is 2.66. The minimum absolute atomic E-state index is 0.0545. The van der Waals surface area contributed by atoms with E-state index in [0.29, 0.717) is 45.8 Å². The molecule has 4 fully saturated rings. The van der Waals surface area contributed by atoms with Crippen LogP contribution < -0.4 is 24.6 Å². The van der Waals surface area contributed by atoms with Gasteiger partial charge in [0.15, 0.2) is 11.6 Å². The average molecular weight is 590 g/mol. The van der Waals surface area contributed by atoms with Crippen molar-refractivity contribution in [1.82, 2.24) is 4.98 Å². The van der Waals surface area contributed by atoms with Crippen molar-refractivity contribution in [3.05, 3.63) is 35.9 Å². The molecule has 1 spiro atoms. The predicted octanol–water partition coefficient (Wildman–Crippen LogP) is 4.97. The van der Waals surface area contributed by atoms with E-state index in [-0.39, 0.29) is 43.4 Å². The van der Waals surface area contributed by atoms with Gasteiger partial charge in [-0.05, 0) is 80.2 Å². The third-order valence-electron chi connectivity index (χ3n) is 9.53. The topological polar surface area (TPSA) is 104 Å². The van der Waals surface area contributed by atoms with Crippen LogP contribution in [0.1, 0.15) is 55.8 Å². The van der Waals surface area contributed by atoms with E-state index in [1.165, 1.54) is 32.8 Å². The van der Waals surface area contributed by atoms with Crippen LogP contribution in [0, 0.1) is 17.3 Å². The van der Waals surface area contributed by atoms with Gasteiger partial charge in [0, 0.05) is 39.0 Å². The van der Waals surface area contributed by atoms with Crippen LogP contribution in [0.2, 0.25) is 0 Å². The molecule has 2 atom stereocenters. The molecule has 4 aliphatic rings. The van der Waals surface area contributed by atoms with Gasteiger partial charge < -0.3 is 19.9 Å². The van der Waals surface area contributed by atoms with Crippen LogP contribution in [-0.4, -0.2) is 64.3 Å². The molecule has 2 N–H and O–H groups in total. The molecule has 2 saturated heterocycles. The van der Waals surface area contributed by atoms with Crippen molar-refractivity contribution in [3.63, 3.8) is 0 Å². The first-order valence-electron chi connectivity index (χ1n) is 14.4. The number of aromatic nitrogens is 1. The number of methoxy groups -OCH3 is 1. The Morgan fingerprint density at radius 3 is 2.34 bits per heavy atom. The van der Waals surface area contributed by atoms with Crippen molar-refractivity contribution >= 4 is 38.9 Å². The molecule has 2 saturated carbocycles. The highest BCUT2D eigenvalue weighted by Gasteiger charge is 2.60. The smallest absolute Gasteiger partial charge is 0.258 e. The third kappa shape index (κ3) is 5.42. The predicted molar refractivity (Wildman–Crippen MR) is 155 cm³/mol. The standard InChI is InChI=1S/C29H37F2N5O4S/c1-3-41(38,39)34-21-6-7-22(23(16-21)36-17-19-4-5-20(18-36)28(19)10-11-28)27(37)33-25-9-8-24(40-2)26(32-25)35-14-12-29(30,31)13-15-35/h6-9,16,19-20,34H,3-5,10-15,17-18H2,1-2H3,(H,32,33,37)/t19-,20+. The van der Waals surface area contributed by atoms with Gasteiger partial charge in [0.05, 0.1) is 29.8 Å². The Labute approximate surface area is 239 Å². The number of nitrogens with zero attached hydrogens (tertiary/aromatic N) is 3. The number of hydrogen-bond acceptors (Lipinski definition) is 7. The minimum atomic E-state index is -3.49. The summed E-state index contributed by atoms with van der Waals surface area (Å²) in [6, 6.07) is 8.31. The quantitative estimate of drug-likeness (QED) is 0.448. The molecule has 2 aliphatic heterocycles. The Kier molecular flexibility index (Phi) is 7.02. The van der Waals surface area contributed by atoms with Crippen LogP contribution in [-0.2, 0) is 10.0 Å². The molecule has 2 bridgehead atoms. The van der Waals surface area contributed by atoms with E-state index >= 15 is 0 Å². The Morgan fingerprint density at radius 1 is 1.05 bits per heavy atom. The van der Waals surface area contributed by atoms with E-state index in [1.54, 1.807) is 42.2 Å². The second-order valence-corrected chi connectivity index (χ2v) is 13.9. The number of halogens is 2. The lowest BCUT2D eigenvalue weighted by Gasteiger charge is -2.40. The van der Waals surface area contributed by atoms with E-state index < -0.39 is 15.9 Å². The molecular weight excluding hydrogens is 552 g/mol. The van der Waals surface area contributed by atoms with Crippen LogP contribution in [0.4, 0.5) is 31.8 Å². The van der Waals surface area contributed by atoms with Crippen LogP contribution in [0.15, 0.2) is 30.3 Å². The molecule has 0 unspecified atom stereocenters. The molecule has 0 radical (unpaired) electrons. The highest BCUT2D eigenvalue weighted by molar-refractivity contribution is 7.92. The number of ether oxygens (including phenoxy) is 1. The molecule has 3 heterocycles. The lowest BCUT2D eigenvalue weighted by Crippen LogP contribution is -2.43. The Hall–Kier alpha value is -3.15. The summed E-state index contributed by atoms with van der Waals surface area (Å²) >= 11 is 0. The number of nitrogens with one attached hydrogen (secondary N) is 2. The number of sulfonamides is 1. The number of alkyl halides is 2. The van der Waals surface area contributed by atoms with E-state index in [4.69, 9.17) is 4.74 Å². The fourth-order valence-electron chi connectivity index (χ4n) is 7.04. The molecule has 41 heavy (non-hydrogen) atoms. The molecule has 9 nitrogen and oxygen atoms in total. The van der Waals surface area contributed by atoms with Gasteiger partial charge in [-0.2, -0.15) is 0 Å². The van der Waals surface area contributed by atoms with Crippen molar-refractivity contribution < 1.29 is 26.7 Å². The van der Waals surface area contributed by atoms with Crippen LogP contribution in [0.3, 0.4) is 0 Å². The number of amides is 1. The average Bonchev–Trinajstić information content (AvgIpc) is 3.70. The first-order chi connectivity index (χ1) is 19.5. The zero-order valence-corrected chi connectivity index (χ0v) is 24.3. The van der Waals surface area contributed by atoms with Gasteiger partial charge >= 0.3 is 0 Å². The molecule has 1 aromatic carbocycles. The summed E-state index contributed by atoms with van der Waals surface area (Å²) in [5.74, 6) is -0.839. The number of anilines is 4. The van der Waals surface area contributed by atoms with E-state index in [0.717, 1.165) is 13.1 Å². The van der Waals surface area contributed by atoms with Crippen molar-refractivity contribution in [2.24, 2.45) is 17.3 Å². The second kappa shape index (κ2) is 10.3. The molecule has 1 amide bonds. The fraction of sp³-hybridized carbons (Fsp3) is 0.586. The zero-order chi connectivity index (χ0) is 29.0. The lowest BCUT2D eigenvalue weighted by molar-refractivity contribution is -0.0222. The van der Waals surface area contributed by atoms with Gasteiger partial charge in [0.1, 0.15) is 5.82 Å². The molecule has 1 aromatic heterocycles. The van der Waals surface area contributed by atoms with E-state index in [2.05, 4.69) is 19.9 Å². The Bertz CT molecular complexity index is 1420. The largest absolute Gasteiger partial charge is 0.493 e. The minimum Gasteiger partial charge on any atom is -0.493 e. The van der Waals surface area contributed by atoms with Gasteiger partial charge in [0.25, 0.3) is 11.8 Å². The molecular formula is C29H37F2N5O4S. The van der Waals surface area contributed by atoms with Gasteiger partial charge in [-0.1, -0.05) is 0 Å². The van der Waals surface area contributed by atoms with Crippen molar-refractivity contribution in [3.8, 4) is 5.75 Å². The maximum atomic E-state index is 13.8. The van der Waals surface area contributed by atoms with E-state index in [9.17, 15) is 22.0 Å². The number of pyridine rings is 1. The number of hydrogen-bond donors (Lipinski definition) is 2. The maximum Gasteiger partial charge on any atom is 0.258 e. The Balaban J connectivity index is 1.28. The molecule has 2 aliphatic carbocycles.